The van der Waals surface area contributed by atoms with E-state index in [4.69, 9.17) is 20.8 Å². The highest BCUT2D eigenvalue weighted by molar-refractivity contribution is 6.31. The van der Waals surface area contributed by atoms with Crippen LogP contribution in [0, 0.1) is 12.8 Å². The molecule has 4 rings (SSSR count). The maximum Gasteiger partial charge on any atom is 0.229 e. The van der Waals surface area contributed by atoms with Crippen LogP contribution in [0.5, 0.6) is 5.75 Å². The number of nitrogens with one attached hydrogen (secondary N) is 1. The zero-order valence-electron chi connectivity index (χ0n) is 15.4. The summed E-state index contributed by atoms with van der Waals surface area (Å²) in [4.78, 5) is 31.0. The van der Waals surface area contributed by atoms with Gasteiger partial charge in [-0.1, -0.05) is 11.6 Å². The number of carbonyl (C=O) groups is 2. The topological polar surface area (TPSA) is 84.7 Å². The van der Waals surface area contributed by atoms with Crippen molar-refractivity contribution in [2.75, 3.05) is 23.9 Å². The second kappa shape index (κ2) is 7.16. The zero-order chi connectivity index (χ0) is 19.8. The molecule has 2 aromatic carbocycles. The van der Waals surface area contributed by atoms with E-state index in [1.165, 1.54) is 7.11 Å². The van der Waals surface area contributed by atoms with Crippen LogP contribution in [0.1, 0.15) is 12.3 Å². The Bertz CT molecular complexity index is 1080. The second-order valence-electron chi connectivity index (χ2n) is 6.63. The molecule has 144 valence electrons. The van der Waals surface area contributed by atoms with Crippen LogP contribution in [0.2, 0.25) is 5.02 Å². The number of aryl methyl sites for hydroxylation is 1. The van der Waals surface area contributed by atoms with E-state index in [1.54, 1.807) is 48.2 Å². The monoisotopic (exact) mass is 399 g/mol. The van der Waals surface area contributed by atoms with Gasteiger partial charge in [0.2, 0.25) is 11.8 Å². The van der Waals surface area contributed by atoms with Gasteiger partial charge in [0, 0.05) is 30.6 Å². The van der Waals surface area contributed by atoms with Gasteiger partial charge in [-0.2, -0.15) is 0 Å². The molecule has 3 aromatic rings. The molecule has 0 unspecified atom stereocenters. The van der Waals surface area contributed by atoms with Crippen molar-refractivity contribution in [1.82, 2.24) is 4.98 Å². The Kier molecular flexibility index (Phi) is 4.68. The minimum atomic E-state index is -0.481. The highest BCUT2D eigenvalue weighted by Gasteiger charge is 2.36. The van der Waals surface area contributed by atoms with Crippen LogP contribution in [-0.4, -0.2) is 30.5 Å². The summed E-state index contributed by atoms with van der Waals surface area (Å²) in [5.41, 5.74) is 2.50. The second-order valence-corrected chi connectivity index (χ2v) is 7.06. The number of hydrogen-bond donors (Lipinski definition) is 1. The number of amides is 2. The molecular formula is C20H18ClN3O4. The molecule has 0 saturated carbocycles. The summed E-state index contributed by atoms with van der Waals surface area (Å²) in [6.07, 6.45) is 0.118. The lowest BCUT2D eigenvalue weighted by atomic mass is 10.1. The maximum absolute atomic E-state index is 12.7. The molecule has 1 atom stereocenters. The quantitative estimate of drug-likeness (QED) is 0.721. The van der Waals surface area contributed by atoms with Crippen molar-refractivity contribution in [3.63, 3.8) is 0 Å². The molecule has 0 bridgehead atoms. The van der Waals surface area contributed by atoms with Crippen LogP contribution in [0.15, 0.2) is 40.8 Å². The number of ether oxygens (including phenoxy) is 1. The van der Waals surface area contributed by atoms with Gasteiger partial charge in [0.25, 0.3) is 0 Å². The third-order valence-corrected chi connectivity index (χ3v) is 4.92. The number of methoxy groups -OCH3 is 1. The van der Waals surface area contributed by atoms with Crippen molar-refractivity contribution in [3.8, 4) is 5.75 Å². The van der Waals surface area contributed by atoms with E-state index in [1.807, 2.05) is 0 Å². The van der Waals surface area contributed by atoms with E-state index in [2.05, 4.69) is 10.3 Å². The summed E-state index contributed by atoms with van der Waals surface area (Å²) in [6, 6.07) is 10.3. The first kappa shape index (κ1) is 18.3. The molecule has 2 heterocycles. The normalized spacial score (nSPS) is 16.6. The molecule has 1 aliphatic rings. The van der Waals surface area contributed by atoms with Gasteiger partial charge in [0.05, 0.1) is 18.7 Å². The van der Waals surface area contributed by atoms with E-state index in [0.29, 0.717) is 39.1 Å². The van der Waals surface area contributed by atoms with Crippen LogP contribution < -0.4 is 15.0 Å². The van der Waals surface area contributed by atoms with E-state index < -0.39 is 5.92 Å². The van der Waals surface area contributed by atoms with Crippen LogP contribution in [0.25, 0.3) is 11.1 Å². The molecule has 1 saturated heterocycles. The largest absolute Gasteiger partial charge is 0.495 e. The number of fused-ring (bicyclic) bond motifs is 1. The fraction of sp³-hybridized carbons (Fsp3) is 0.250. The highest BCUT2D eigenvalue weighted by atomic mass is 35.5. The number of benzene rings is 2. The Morgan fingerprint density at radius 1 is 1.32 bits per heavy atom. The molecule has 1 fully saturated rings. The van der Waals surface area contributed by atoms with Crippen molar-refractivity contribution in [1.29, 1.82) is 0 Å². The molecule has 0 aliphatic carbocycles. The number of rotatable bonds is 4. The van der Waals surface area contributed by atoms with E-state index in [-0.39, 0.29) is 24.8 Å². The number of oxazole rings is 1. The van der Waals surface area contributed by atoms with Crippen LogP contribution in [0.3, 0.4) is 0 Å². The predicted octanol–water partition coefficient (Wildman–Crippen LogP) is 3.79. The fourth-order valence-corrected chi connectivity index (χ4v) is 3.52. The van der Waals surface area contributed by atoms with Gasteiger partial charge in [0.1, 0.15) is 11.3 Å². The molecule has 28 heavy (non-hydrogen) atoms. The predicted molar refractivity (Wildman–Crippen MR) is 106 cm³/mol. The standard InChI is InChI=1S/C20H18ClN3O4/c1-11-22-15-9-14(4-6-17(15)28-11)23-20(26)12-7-19(25)24(10-12)16-8-13(21)3-5-18(16)27-2/h3-6,8-9,12H,7,10H2,1-2H3,(H,23,26)/t12-/m0/s1. The molecule has 7 nitrogen and oxygen atoms in total. The number of anilines is 2. The molecule has 1 N–H and O–H groups in total. The van der Waals surface area contributed by atoms with E-state index >= 15 is 0 Å². The molecular weight excluding hydrogens is 382 g/mol. The third-order valence-electron chi connectivity index (χ3n) is 4.69. The Labute approximate surface area is 166 Å². The third kappa shape index (κ3) is 3.41. The number of aromatic nitrogens is 1. The summed E-state index contributed by atoms with van der Waals surface area (Å²) in [5, 5.41) is 3.35. The summed E-state index contributed by atoms with van der Waals surface area (Å²) in [7, 11) is 1.53. The average Bonchev–Trinajstić information content (AvgIpc) is 3.23. The minimum absolute atomic E-state index is 0.118. The van der Waals surface area contributed by atoms with Crippen LogP contribution >= 0.6 is 11.6 Å². The Balaban J connectivity index is 1.51. The van der Waals surface area contributed by atoms with Gasteiger partial charge in [-0.25, -0.2) is 4.98 Å². The van der Waals surface area contributed by atoms with Gasteiger partial charge in [-0.05, 0) is 36.4 Å². The Morgan fingerprint density at radius 2 is 2.14 bits per heavy atom. The lowest BCUT2D eigenvalue weighted by Crippen LogP contribution is -2.28. The summed E-state index contributed by atoms with van der Waals surface area (Å²) in [6.45, 7) is 2.02. The van der Waals surface area contributed by atoms with Crippen LogP contribution in [0.4, 0.5) is 11.4 Å². The molecule has 0 radical (unpaired) electrons. The first-order chi connectivity index (χ1) is 13.4. The number of halogens is 1. The van der Waals surface area contributed by atoms with Crippen molar-refractivity contribution in [2.24, 2.45) is 5.92 Å². The fourth-order valence-electron chi connectivity index (χ4n) is 3.35. The molecule has 1 aromatic heterocycles. The zero-order valence-corrected chi connectivity index (χ0v) is 16.1. The van der Waals surface area contributed by atoms with Crippen molar-refractivity contribution < 1.29 is 18.7 Å². The van der Waals surface area contributed by atoms with Crippen LogP contribution in [-0.2, 0) is 9.59 Å². The summed E-state index contributed by atoms with van der Waals surface area (Å²) in [5.74, 6) is 0.238. The van der Waals surface area contributed by atoms with Gasteiger partial charge in [-0.3, -0.25) is 9.59 Å². The van der Waals surface area contributed by atoms with Gasteiger partial charge in [-0.15, -0.1) is 0 Å². The van der Waals surface area contributed by atoms with Gasteiger partial charge in [0.15, 0.2) is 11.5 Å². The summed E-state index contributed by atoms with van der Waals surface area (Å²) < 4.78 is 10.8. The van der Waals surface area contributed by atoms with Gasteiger partial charge >= 0.3 is 0 Å². The Morgan fingerprint density at radius 3 is 2.93 bits per heavy atom. The lowest BCUT2D eigenvalue weighted by Gasteiger charge is -2.19. The van der Waals surface area contributed by atoms with Crippen molar-refractivity contribution in [2.45, 2.75) is 13.3 Å². The minimum Gasteiger partial charge on any atom is -0.495 e. The van der Waals surface area contributed by atoms with E-state index in [0.717, 1.165) is 0 Å². The van der Waals surface area contributed by atoms with Crippen molar-refractivity contribution in [3.05, 3.63) is 47.3 Å². The van der Waals surface area contributed by atoms with E-state index in [9.17, 15) is 9.59 Å². The molecule has 0 spiro atoms. The molecule has 1 aliphatic heterocycles. The summed E-state index contributed by atoms with van der Waals surface area (Å²) >= 11 is 6.07. The number of hydrogen-bond acceptors (Lipinski definition) is 5. The SMILES string of the molecule is COc1ccc(Cl)cc1N1C[C@@H](C(=O)Nc2ccc3oc(C)nc3c2)CC1=O. The Hall–Kier alpha value is -3.06. The maximum atomic E-state index is 12.7. The number of carbonyl (C=O) groups excluding carboxylic acids is 2. The molecule has 8 heteroatoms. The average molecular weight is 400 g/mol. The highest BCUT2D eigenvalue weighted by Crippen LogP contribution is 2.35. The molecule has 2 amide bonds. The van der Waals surface area contributed by atoms with Gasteiger partial charge < -0.3 is 19.4 Å². The number of nitrogens with zero attached hydrogens (tertiary/aromatic N) is 2. The van der Waals surface area contributed by atoms with Crippen molar-refractivity contribution >= 4 is 45.9 Å². The lowest BCUT2D eigenvalue weighted by molar-refractivity contribution is -0.122. The first-order valence-corrected chi connectivity index (χ1v) is 9.14. The first-order valence-electron chi connectivity index (χ1n) is 8.76. The smallest absolute Gasteiger partial charge is 0.229 e.